The fraction of sp³-hybridized carbons (Fsp3) is 0.100. The van der Waals surface area contributed by atoms with Crippen LogP contribution in [0.2, 0.25) is 0 Å². The van der Waals surface area contributed by atoms with Gasteiger partial charge in [0, 0.05) is 23.3 Å². The number of hydrogen-bond donors (Lipinski definition) is 2. The highest BCUT2D eigenvalue weighted by Gasteiger charge is 2.26. The number of nitrogens with two attached hydrogens (primary N) is 1. The first-order chi connectivity index (χ1) is 16.5. The van der Waals surface area contributed by atoms with E-state index in [1.54, 1.807) is 18.2 Å². The molecule has 2 heterocycles. The lowest BCUT2D eigenvalue weighted by Crippen LogP contribution is -2.22. The van der Waals surface area contributed by atoms with E-state index in [9.17, 15) is 14.9 Å². The standard InChI is InChI=1S/C20H17N9O5/c1-2-33-15-6-4-3-5-13(15)11-22-24-20(30)17-16(12-7-9-14(10-8-12)29(31)32)23-27-28(17)19-18(21)25-34-26-19/h3-11H,2H2,1H3,(H2,21,25)(H,24,30). The number of anilines is 1. The number of non-ortho nitro benzene ring substituents is 1. The van der Waals surface area contributed by atoms with Crippen LogP contribution in [-0.2, 0) is 0 Å². The number of nitro benzene ring substituents is 1. The quantitative estimate of drug-likeness (QED) is 0.222. The van der Waals surface area contributed by atoms with Gasteiger partial charge >= 0.3 is 0 Å². The van der Waals surface area contributed by atoms with Crippen molar-refractivity contribution >= 4 is 23.6 Å². The van der Waals surface area contributed by atoms with Crippen LogP contribution >= 0.6 is 0 Å². The Morgan fingerprint density at radius 1 is 1.26 bits per heavy atom. The van der Waals surface area contributed by atoms with E-state index in [-0.39, 0.29) is 28.7 Å². The fourth-order valence-corrected chi connectivity index (χ4v) is 2.99. The van der Waals surface area contributed by atoms with Gasteiger partial charge in [-0.05, 0) is 41.5 Å². The van der Waals surface area contributed by atoms with E-state index in [4.69, 9.17) is 10.5 Å². The summed E-state index contributed by atoms with van der Waals surface area (Å²) in [5.41, 5.74) is 9.11. The summed E-state index contributed by atoms with van der Waals surface area (Å²) >= 11 is 0. The number of benzene rings is 2. The maximum atomic E-state index is 13.1. The van der Waals surface area contributed by atoms with Gasteiger partial charge in [-0.1, -0.05) is 17.3 Å². The molecule has 0 bridgehead atoms. The number of hydrogen-bond acceptors (Lipinski definition) is 11. The van der Waals surface area contributed by atoms with Gasteiger partial charge in [0.05, 0.1) is 17.7 Å². The van der Waals surface area contributed by atoms with Crippen molar-refractivity contribution in [2.75, 3.05) is 12.3 Å². The van der Waals surface area contributed by atoms with Crippen molar-refractivity contribution in [3.8, 4) is 22.8 Å². The molecule has 4 aromatic rings. The second-order valence-corrected chi connectivity index (χ2v) is 6.65. The summed E-state index contributed by atoms with van der Waals surface area (Å²) in [6.07, 6.45) is 1.43. The van der Waals surface area contributed by atoms with Gasteiger partial charge in [-0.15, -0.1) is 5.10 Å². The molecule has 0 aliphatic carbocycles. The third kappa shape index (κ3) is 4.40. The molecular weight excluding hydrogens is 446 g/mol. The molecule has 0 atom stereocenters. The first-order valence-corrected chi connectivity index (χ1v) is 9.83. The molecule has 0 unspecified atom stereocenters. The molecule has 0 radical (unpaired) electrons. The molecule has 14 nitrogen and oxygen atoms in total. The molecular formula is C20H17N9O5. The van der Waals surface area contributed by atoms with E-state index in [1.807, 2.05) is 13.0 Å². The van der Waals surface area contributed by atoms with E-state index in [0.717, 1.165) is 4.68 Å². The van der Waals surface area contributed by atoms with Gasteiger partial charge in [-0.3, -0.25) is 14.9 Å². The summed E-state index contributed by atoms with van der Waals surface area (Å²) in [5.74, 6) is -0.284. The van der Waals surface area contributed by atoms with Crippen LogP contribution in [0.3, 0.4) is 0 Å². The third-order valence-corrected chi connectivity index (χ3v) is 4.52. The minimum atomic E-state index is -0.703. The second kappa shape index (κ2) is 9.56. The van der Waals surface area contributed by atoms with Crippen molar-refractivity contribution in [1.29, 1.82) is 0 Å². The van der Waals surface area contributed by atoms with E-state index >= 15 is 0 Å². The van der Waals surface area contributed by atoms with Crippen LogP contribution in [0.4, 0.5) is 11.5 Å². The molecule has 4 rings (SSSR count). The summed E-state index contributed by atoms with van der Waals surface area (Å²) in [4.78, 5) is 23.5. The zero-order valence-corrected chi connectivity index (χ0v) is 17.7. The van der Waals surface area contributed by atoms with Crippen molar-refractivity contribution in [2.45, 2.75) is 6.92 Å². The Labute approximate surface area is 191 Å². The number of hydrazone groups is 1. The summed E-state index contributed by atoms with van der Waals surface area (Å²) in [5, 5.41) is 30.1. The number of nitro groups is 1. The Bertz CT molecular complexity index is 1360. The lowest BCUT2D eigenvalue weighted by atomic mass is 10.1. The molecule has 3 N–H and O–H groups in total. The normalized spacial score (nSPS) is 11.0. The maximum absolute atomic E-state index is 13.1. The van der Waals surface area contributed by atoms with E-state index in [0.29, 0.717) is 23.5 Å². The van der Waals surface area contributed by atoms with Crippen LogP contribution in [0.1, 0.15) is 23.0 Å². The molecule has 0 spiro atoms. The van der Waals surface area contributed by atoms with Crippen molar-refractivity contribution in [3.63, 3.8) is 0 Å². The summed E-state index contributed by atoms with van der Waals surface area (Å²) in [6, 6.07) is 12.6. The number of nitrogens with zero attached hydrogens (tertiary/aromatic N) is 7. The van der Waals surface area contributed by atoms with Gasteiger partial charge in [0.2, 0.25) is 11.6 Å². The molecule has 0 saturated carbocycles. The average molecular weight is 463 g/mol. The van der Waals surface area contributed by atoms with Crippen LogP contribution in [-0.4, -0.2) is 49.0 Å². The van der Waals surface area contributed by atoms with Gasteiger partial charge < -0.3 is 10.5 Å². The monoisotopic (exact) mass is 463 g/mol. The van der Waals surface area contributed by atoms with Gasteiger partial charge in [0.25, 0.3) is 11.6 Å². The van der Waals surface area contributed by atoms with Crippen LogP contribution in [0.5, 0.6) is 5.75 Å². The Kier molecular flexibility index (Phi) is 6.20. The van der Waals surface area contributed by atoms with Crippen molar-refractivity contribution in [1.82, 2.24) is 30.7 Å². The SMILES string of the molecule is CCOc1ccccc1C=NNC(=O)c1c(-c2ccc([N+](=O)[O-])cc2)nnn1-c1nonc1N. The molecule has 0 saturated heterocycles. The first-order valence-electron chi connectivity index (χ1n) is 9.83. The topological polar surface area (TPSA) is 189 Å². The zero-order chi connectivity index (χ0) is 24.1. The minimum absolute atomic E-state index is 0.0588. The van der Waals surface area contributed by atoms with E-state index < -0.39 is 10.8 Å². The number of rotatable bonds is 8. The third-order valence-electron chi connectivity index (χ3n) is 4.52. The Balaban J connectivity index is 1.69. The fourth-order valence-electron chi connectivity index (χ4n) is 2.99. The lowest BCUT2D eigenvalue weighted by molar-refractivity contribution is -0.384. The Morgan fingerprint density at radius 2 is 2.03 bits per heavy atom. The molecule has 0 fully saturated rings. The molecule has 2 aromatic carbocycles. The smallest absolute Gasteiger partial charge is 0.292 e. The highest BCUT2D eigenvalue weighted by atomic mass is 16.6. The van der Waals surface area contributed by atoms with Crippen molar-refractivity contribution in [3.05, 3.63) is 69.9 Å². The average Bonchev–Trinajstić information content (AvgIpc) is 3.46. The van der Waals surface area contributed by atoms with Gasteiger partial charge in [0.1, 0.15) is 11.4 Å². The number of ether oxygens (including phenoxy) is 1. The number of aromatic nitrogens is 5. The van der Waals surface area contributed by atoms with Crippen molar-refractivity contribution in [2.24, 2.45) is 5.10 Å². The van der Waals surface area contributed by atoms with Gasteiger partial charge in [-0.2, -0.15) is 9.78 Å². The van der Waals surface area contributed by atoms with Crippen LogP contribution in [0.25, 0.3) is 17.1 Å². The number of carbonyl (C=O) groups is 1. The number of para-hydroxylation sites is 1. The predicted octanol–water partition coefficient (Wildman–Crippen LogP) is 1.97. The minimum Gasteiger partial charge on any atom is -0.493 e. The van der Waals surface area contributed by atoms with Crippen LogP contribution in [0, 0.1) is 10.1 Å². The maximum Gasteiger partial charge on any atom is 0.292 e. The Hall–Kier alpha value is -5.14. The number of amides is 1. The predicted molar refractivity (Wildman–Crippen MR) is 118 cm³/mol. The zero-order valence-electron chi connectivity index (χ0n) is 17.7. The molecule has 0 aliphatic heterocycles. The molecule has 14 heteroatoms. The second-order valence-electron chi connectivity index (χ2n) is 6.65. The summed E-state index contributed by atoms with van der Waals surface area (Å²) in [7, 11) is 0. The molecule has 34 heavy (non-hydrogen) atoms. The van der Waals surface area contributed by atoms with Crippen LogP contribution in [0.15, 0.2) is 58.3 Å². The van der Waals surface area contributed by atoms with Gasteiger partial charge in [-0.25, -0.2) is 10.1 Å². The van der Waals surface area contributed by atoms with Crippen LogP contribution < -0.4 is 15.9 Å². The first kappa shape index (κ1) is 22.1. The number of nitrogens with one attached hydrogen (secondary N) is 1. The Morgan fingerprint density at radius 3 is 2.71 bits per heavy atom. The van der Waals surface area contributed by atoms with E-state index in [2.05, 4.69) is 35.8 Å². The number of nitrogen functional groups attached to an aromatic ring is 1. The van der Waals surface area contributed by atoms with E-state index in [1.165, 1.54) is 30.5 Å². The molecule has 2 aromatic heterocycles. The van der Waals surface area contributed by atoms with Gasteiger partial charge in [0.15, 0.2) is 5.69 Å². The number of carbonyl (C=O) groups excluding carboxylic acids is 1. The summed E-state index contributed by atoms with van der Waals surface area (Å²) in [6.45, 7) is 2.32. The highest BCUT2D eigenvalue weighted by Crippen LogP contribution is 2.26. The largest absolute Gasteiger partial charge is 0.493 e. The highest BCUT2D eigenvalue weighted by molar-refractivity contribution is 5.99. The lowest BCUT2D eigenvalue weighted by Gasteiger charge is -2.07. The van der Waals surface area contributed by atoms with Crippen molar-refractivity contribution < 1.29 is 19.1 Å². The molecule has 172 valence electrons. The molecule has 0 aliphatic rings. The molecule has 1 amide bonds. The summed E-state index contributed by atoms with van der Waals surface area (Å²) < 4.78 is 11.2.